The SMILES string of the molecule is Cc1cc(/C=C2/SC(=O)N(Cc3ccc(Cl)c(Cl)c3)C2=O)c(C)n1-c1ccc(Cl)cc1. The summed E-state index contributed by atoms with van der Waals surface area (Å²) < 4.78 is 2.09. The fraction of sp³-hybridized carbons (Fsp3) is 0.130. The number of hydrogen-bond donors (Lipinski definition) is 0. The number of benzene rings is 2. The van der Waals surface area contributed by atoms with E-state index in [1.54, 1.807) is 24.3 Å². The molecule has 3 aromatic rings. The van der Waals surface area contributed by atoms with Crippen LogP contribution in [-0.4, -0.2) is 20.6 Å². The van der Waals surface area contributed by atoms with E-state index >= 15 is 0 Å². The molecule has 0 N–H and O–H groups in total. The van der Waals surface area contributed by atoms with Crippen molar-refractivity contribution in [2.24, 2.45) is 0 Å². The van der Waals surface area contributed by atoms with Gasteiger partial charge in [0.05, 0.1) is 21.5 Å². The van der Waals surface area contributed by atoms with Crippen LogP contribution >= 0.6 is 46.6 Å². The first-order valence-electron chi connectivity index (χ1n) is 9.39. The summed E-state index contributed by atoms with van der Waals surface area (Å²) in [4.78, 5) is 27.0. The van der Waals surface area contributed by atoms with E-state index in [1.165, 1.54) is 4.90 Å². The zero-order valence-electron chi connectivity index (χ0n) is 16.7. The number of aromatic nitrogens is 1. The molecule has 2 aromatic carbocycles. The van der Waals surface area contributed by atoms with Crippen LogP contribution in [0.2, 0.25) is 15.1 Å². The summed E-state index contributed by atoms with van der Waals surface area (Å²) in [5.74, 6) is -0.322. The summed E-state index contributed by atoms with van der Waals surface area (Å²) in [5, 5.41) is 1.17. The molecule has 1 saturated heterocycles. The van der Waals surface area contributed by atoms with Gasteiger partial charge in [0.25, 0.3) is 11.1 Å². The third-order valence-corrected chi connectivity index (χ3v) is 6.94. The quantitative estimate of drug-likeness (QED) is 0.360. The fourth-order valence-electron chi connectivity index (χ4n) is 3.52. The van der Waals surface area contributed by atoms with Gasteiger partial charge in [-0.1, -0.05) is 40.9 Å². The normalized spacial score (nSPS) is 15.4. The molecule has 0 bridgehead atoms. The van der Waals surface area contributed by atoms with Crippen molar-refractivity contribution >= 4 is 63.8 Å². The van der Waals surface area contributed by atoms with E-state index in [9.17, 15) is 9.59 Å². The summed E-state index contributed by atoms with van der Waals surface area (Å²) >= 11 is 18.9. The van der Waals surface area contributed by atoms with E-state index < -0.39 is 0 Å². The van der Waals surface area contributed by atoms with Gasteiger partial charge in [0.1, 0.15) is 0 Å². The molecule has 31 heavy (non-hydrogen) atoms. The monoisotopic (exact) mass is 490 g/mol. The van der Waals surface area contributed by atoms with Crippen LogP contribution in [0.1, 0.15) is 22.5 Å². The Bertz CT molecular complexity index is 1230. The number of carbonyl (C=O) groups excluding carboxylic acids is 2. The number of halogens is 3. The van der Waals surface area contributed by atoms with Crippen molar-refractivity contribution in [3.63, 3.8) is 0 Å². The van der Waals surface area contributed by atoms with Crippen LogP contribution in [0.4, 0.5) is 4.79 Å². The second-order valence-electron chi connectivity index (χ2n) is 7.15. The fourth-order valence-corrected chi connectivity index (χ4v) is 4.80. The predicted octanol–water partition coefficient (Wildman–Crippen LogP) is 7.29. The highest BCUT2D eigenvalue weighted by atomic mass is 35.5. The van der Waals surface area contributed by atoms with E-state index in [0.717, 1.165) is 40.0 Å². The van der Waals surface area contributed by atoms with Crippen LogP contribution in [0.15, 0.2) is 53.4 Å². The third-order valence-electron chi connectivity index (χ3n) is 5.04. The molecule has 0 radical (unpaired) electrons. The van der Waals surface area contributed by atoms with E-state index in [-0.39, 0.29) is 17.7 Å². The van der Waals surface area contributed by atoms with E-state index in [0.29, 0.717) is 20.0 Å². The van der Waals surface area contributed by atoms with Crippen molar-refractivity contribution in [1.82, 2.24) is 9.47 Å². The molecule has 4 nitrogen and oxygen atoms in total. The maximum absolute atomic E-state index is 12.9. The van der Waals surface area contributed by atoms with Crippen molar-refractivity contribution in [3.05, 3.63) is 91.0 Å². The molecule has 2 heterocycles. The Hall–Kier alpha value is -2.18. The minimum atomic E-state index is -0.322. The van der Waals surface area contributed by atoms with Crippen LogP contribution in [0, 0.1) is 13.8 Å². The lowest BCUT2D eigenvalue weighted by Crippen LogP contribution is -2.27. The second kappa shape index (κ2) is 8.75. The molecular formula is C23H17Cl3N2O2S. The van der Waals surface area contributed by atoms with Gasteiger partial charge in [0, 0.05) is 22.1 Å². The van der Waals surface area contributed by atoms with Crippen molar-refractivity contribution in [2.75, 3.05) is 0 Å². The molecule has 0 atom stereocenters. The average Bonchev–Trinajstić information content (AvgIpc) is 3.15. The summed E-state index contributed by atoms with van der Waals surface area (Å²) in [7, 11) is 0. The third kappa shape index (κ3) is 4.41. The number of imide groups is 1. The first kappa shape index (κ1) is 22.0. The Balaban J connectivity index is 1.61. The topological polar surface area (TPSA) is 42.3 Å². The van der Waals surface area contributed by atoms with Gasteiger partial charge in [-0.3, -0.25) is 14.5 Å². The standard InChI is InChI=1S/C23H17Cl3N2O2S/c1-13-9-16(14(2)28(13)18-6-4-17(24)5-7-18)11-21-22(29)27(23(30)31-21)12-15-3-8-19(25)20(26)10-15/h3-11H,12H2,1-2H3/b21-11+. The second-order valence-corrected chi connectivity index (χ2v) is 9.40. The van der Waals surface area contributed by atoms with Gasteiger partial charge in [-0.05, 0) is 85.3 Å². The van der Waals surface area contributed by atoms with Gasteiger partial charge >= 0.3 is 0 Å². The lowest BCUT2D eigenvalue weighted by molar-refractivity contribution is -0.123. The van der Waals surface area contributed by atoms with Crippen molar-refractivity contribution in [1.29, 1.82) is 0 Å². The van der Waals surface area contributed by atoms with E-state index in [2.05, 4.69) is 4.57 Å². The molecule has 8 heteroatoms. The summed E-state index contributed by atoms with van der Waals surface area (Å²) in [5.41, 5.74) is 4.58. The molecule has 1 aliphatic rings. The van der Waals surface area contributed by atoms with Gasteiger partial charge in [-0.15, -0.1) is 0 Å². The molecule has 1 fully saturated rings. The zero-order valence-corrected chi connectivity index (χ0v) is 19.7. The highest BCUT2D eigenvalue weighted by molar-refractivity contribution is 8.18. The lowest BCUT2D eigenvalue weighted by atomic mass is 10.2. The number of rotatable bonds is 4. The molecule has 1 aliphatic heterocycles. The molecule has 0 aliphatic carbocycles. The van der Waals surface area contributed by atoms with Crippen LogP contribution in [0.5, 0.6) is 0 Å². The van der Waals surface area contributed by atoms with E-state index in [1.807, 2.05) is 44.2 Å². The smallest absolute Gasteiger partial charge is 0.293 e. The first-order valence-corrected chi connectivity index (χ1v) is 11.3. The van der Waals surface area contributed by atoms with Crippen LogP contribution in [0.25, 0.3) is 11.8 Å². The molecule has 1 aromatic heterocycles. The number of thioether (sulfide) groups is 1. The first-order chi connectivity index (χ1) is 14.7. The molecule has 0 saturated carbocycles. The van der Waals surface area contributed by atoms with E-state index in [4.69, 9.17) is 34.8 Å². The molecule has 158 valence electrons. The molecule has 0 spiro atoms. The largest absolute Gasteiger partial charge is 0.318 e. The van der Waals surface area contributed by atoms with Crippen molar-refractivity contribution < 1.29 is 9.59 Å². The Labute approximate surface area is 199 Å². The maximum atomic E-state index is 12.9. The highest BCUT2D eigenvalue weighted by Crippen LogP contribution is 2.35. The Morgan fingerprint density at radius 1 is 0.935 bits per heavy atom. The molecule has 0 unspecified atom stereocenters. The number of nitrogens with zero attached hydrogens (tertiary/aromatic N) is 2. The molecule has 2 amide bonds. The summed E-state index contributed by atoms with van der Waals surface area (Å²) in [6.45, 7) is 4.12. The van der Waals surface area contributed by atoms with Gasteiger partial charge in [-0.25, -0.2) is 0 Å². The molecule has 4 rings (SSSR count). The van der Waals surface area contributed by atoms with Crippen molar-refractivity contribution in [3.8, 4) is 5.69 Å². The van der Waals surface area contributed by atoms with Gasteiger partial charge < -0.3 is 4.57 Å². The Morgan fingerprint density at radius 2 is 1.65 bits per heavy atom. The summed E-state index contributed by atoms with van der Waals surface area (Å²) in [6.07, 6.45) is 1.77. The average molecular weight is 492 g/mol. The highest BCUT2D eigenvalue weighted by Gasteiger charge is 2.35. The predicted molar refractivity (Wildman–Crippen MR) is 128 cm³/mol. The molecular weight excluding hydrogens is 475 g/mol. The van der Waals surface area contributed by atoms with Gasteiger partial charge in [0.2, 0.25) is 0 Å². The van der Waals surface area contributed by atoms with Crippen molar-refractivity contribution in [2.45, 2.75) is 20.4 Å². The van der Waals surface area contributed by atoms with Crippen LogP contribution in [-0.2, 0) is 11.3 Å². The van der Waals surface area contributed by atoms with Gasteiger partial charge in [-0.2, -0.15) is 0 Å². The Kier molecular flexibility index (Phi) is 6.22. The minimum Gasteiger partial charge on any atom is -0.318 e. The Morgan fingerprint density at radius 3 is 2.32 bits per heavy atom. The number of hydrogen-bond acceptors (Lipinski definition) is 3. The van der Waals surface area contributed by atoms with Gasteiger partial charge in [0.15, 0.2) is 0 Å². The number of amides is 2. The number of aryl methyl sites for hydroxylation is 1. The lowest BCUT2D eigenvalue weighted by Gasteiger charge is -2.13. The summed E-state index contributed by atoms with van der Waals surface area (Å²) in [6, 6.07) is 14.6. The number of carbonyl (C=O) groups is 2. The minimum absolute atomic E-state index is 0.142. The zero-order chi connectivity index (χ0) is 22.3. The van der Waals surface area contributed by atoms with Crippen LogP contribution < -0.4 is 0 Å². The van der Waals surface area contributed by atoms with Crippen LogP contribution in [0.3, 0.4) is 0 Å². The maximum Gasteiger partial charge on any atom is 0.293 e.